The van der Waals surface area contributed by atoms with Crippen molar-refractivity contribution < 1.29 is 14.3 Å². The van der Waals surface area contributed by atoms with E-state index in [1.807, 2.05) is 6.08 Å². The Kier molecular flexibility index (Phi) is 2.69. The SMILES string of the molecule is COC(=O)C1C2C=CC(CC2)C1N=C=O. The summed E-state index contributed by atoms with van der Waals surface area (Å²) in [5.41, 5.74) is 0. The van der Waals surface area contributed by atoms with Crippen LogP contribution < -0.4 is 0 Å². The first kappa shape index (κ1) is 10.1. The molecule has 1 fully saturated rings. The van der Waals surface area contributed by atoms with Gasteiger partial charge >= 0.3 is 5.97 Å². The molecule has 4 unspecified atom stereocenters. The second-order valence-corrected chi connectivity index (χ2v) is 4.05. The summed E-state index contributed by atoms with van der Waals surface area (Å²) >= 11 is 0. The Morgan fingerprint density at radius 3 is 2.60 bits per heavy atom. The lowest BCUT2D eigenvalue weighted by atomic mass is 9.66. The fraction of sp³-hybridized carbons (Fsp3) is 0.636. The van der Waals surface area contributed by atoms with Crippen LogP contribution in [0.5, 0.6) is 0 Å². The summed E-state index contributed by atoms with van der Waals surface area (Å²) in [6.45, 7) is 0. The maximum Gasteiger partial charge on any atom is 0.311 e. The van der Waals surface area contributed by atoms with Gasteiger partial charge in [-0.15, -0.1) is 0 Å². The van der Waals surface area contributed by atoms with Crippen molar-refractivity contribution in [1.82, 2.24) is 0 Å². The van der Waals surface area contributed by atoms with E-state index >= 15 is 0 Å². The van der Waals surface area contributed by atoms with Crippen molar-refractivity contribution >= 4 is 12.0 Å². The summed E-state index contributed by atoms with van der Waals surface area (Å²) in [4.78, 5) is 25.7. The Morgan fingerprint density at radius 1 is 1.40 bits per heavy atom. The minimum atomic E-state index is -0.291. The first-order valence-corrected chi connectivity index (χ1v) is 5.11. The molecule has 0 heterocycles. The van der Waals surface area contributed by atoms with E-state index in [9.17, 15) is 9.59 Å². The van der Waals surface area contributed by atoms with Crippen LogP contribution in [0.3, 0.4) is 0 Å². The van der Waals surface area contributed by atoms with Crippen molar-refractivity contribution in [2.75, 3.05) is 7.11 Å². The molecule has 0 aromatic carbocycles. The van der Waals surface area contributed by atoms with Crippen molar-refractivity contribution in [2.45, 2.75) is 18.9 Å². The number of aliphatic imine (C=N–C) groups is 1. The smallest absolute Gasteiger partial charge is 0.311 e. The first-order chi connectivity index (χ1) is 7.27. The lowest BCUT2D eigenvalue weighted by Gasteiger charge is -2.40. The maximum atomic E-state index is 11.6. The molecule has 0 saturated heterocycles. The second-order valence-electron chi connectivity index (χ2n) is 4.05. The highest BCUT2D eigenvalue weighted by Gasteiger charge is 2.45. The van der Waals surface area contributed by atoms with Gasteiger partial charge in [-0.25, -0.2) is 9.79 Å². The molecule has 1 saturated carbocycles. The van der Waals surface area contributed by atoms with Crippen molar-refractivity contribution in [2.24, 2.45) is 22.7 Å². The third-order valence-electron chi connectivity index (χ3n) is 3.38. The first-order valence-electron chi connectivity index (χ1n) is 5.11. The molecule has 2 bridgehead atoms. The molecule has 0 radical (unpaired) electrons. The van der Waals surface area contributed by atoms with Gasteiger partial charge < -0.3 is 4.74 Å². The normalized spacial score (nSPS) is 37.1. The number of allylic oxidation sites excluding steroid dienone is 1. The van der Waals surface area contributed by atoms with Crippen LogP contribution in [0.2, 0.25) is 0 Å². The molecule has 15 heavy (non-hydrogen) atoms. The Hall–Kier alpha value is -1.41. The highest BCUT2D eigenvalue weighted by molar-refractivity contribution is 5.74. The van der Waals surface area contributed by atoms with Crippen LogP contribution in [0, 0.1) is 17.8 Å². The Labute approximate surface area is 88.0 Å². The fourth-order valence-electron chi connectivity index (χ4n) is 2.65. The number of nitrogens with zero attached hydrogens (tertiary/aromatic N) is 1. The number of hydrogen-bond acceptors (Lipinski definition) is 4. The largest absolute Gasteiger partial charge is 0.469 e. The van der Waals surface area contributed by atoms with Crippen molar-refractivity contribution in [3.63, 3.8) is 0 Å². The van der Waals surface area contributed by atoms with Crippen LogP contribution in [-0.4, -0.2) is 25.2 Å². The summed E-state index contributed by atoms with van der Waals surface area (Å²) in [5, 5.41) is 0. The monoisotopic (exact) mass is 207 g/mol. The van der Waals surface area contributed by atoms with E-state index in [4.69, 9.17) is 4.74 Å². The molecule has 0 amide bonds. The van der Waals surface area contributed by atoms with Crippen LogP contribution >= 0.6 is 0 Å². The predicted octanol–water partition coefficient (Wildman–Crippen LogP) is 1.08. The van der Waals surface area contributed by atoms with E-state index < -0.39 is 0 Å². The predicted molar refractivity (Wildman–Crippen MR) is 52.8 cm³/mol. The molecular formula is C11H13NO3. The number of carbonyl (C=O) groups is 1. The average molecular weight is 207 g/mol. The van der Waals surface area contributed by atoms with Crippen molar-refractivity contribution in [1.29, 1.82) is 0 Å². The third-order valence-corrected chi connectivity index (χ3v) is 3.38. The van der Waals surface area contributed by atoms with Gasteiger partial charge in [-0.2, -0.15) is 0 Å². The molecule has 4 nitrogen and oxygen atoms in total. The van der Waals surface area contributed by atoms with E-state index in [1.54, 1.807) is 6.08 Å². The van der Waals surface area contributed by atoms with Gasteiger partial charge in [0.05, 0.1) is 19.1 Å². The number of esters is 1. The number of isocyanates is 1. The zero-order valence-electron chi connectivity index (χ0n) is 8.55. The summed E-state index contributed by atoms with van der Waals surface area (Å²) in [7, 11) is 1.37. The molecule has 0 aliphatic heterocycles. The van der Waals surface area contributed by atoms with E-state index in [-0.39, 0.29) is 29.8 Å². The minimum absolute atomic E-state index is 0.171. The number of hydrogen-bond donors (Lipinski definition) is 0. The minimum Gasteiger partial charge on any atom is -0.469 e. The van der Waals surface area contributed by atoms with Gasteiger partial charge in [0.15, 0.2) is 0 Å². The molecule has 3 rings (SSSR count). The molecule has 0 aromatic rings. The van der Waals surface area contributed by atoms with Crippen LogP contribution in [0.1, 0.15) is 12.8 Å². The van der Waals surface area contributed by atoms with Crippen molar-refractivity contribution in [3.8, 4) is 0 Å². The average Bonchev–Trinajstić information content (AvgIpc) is 2.30. The summed E-state index contributed by atoms with van der Waals surface area (Å²) in [5.74, 6) is -0.191. The Balaban J connectivity index is 2.30. The second kappa shape index (κ2) is 3.99. The highest BCUT2D eigenvalue weighted by atomic mass is 16.5. The maximum absolute atomic E-state index is 11.6. The molecule has 0 spiro atoms. The highest BCUT2D eigenvalue weighted by Crippen LogP contribution is 2.42. The van der Waals surface area contributed by atoms with Gasteiger partial charge in [0.2, 0.25) is 6.08 Å². The molecule has 80 valence electrons. The molecule has 4 atom stereocenters. The number of methoxy groups -OCH3 is 1. The van der Waals surface area contributed by atoms with Gasteiger partial charge in [-0.05, 0) is 18.8 Å². The third kappa shape index (κ3) is 1.61. The Morgan fingerprint density at radius 2 is 2.07 bits per heavy atom. The topological polar surface area (TPSA) is 55.7 Å². The summed E-state index contributed by atoms with van der Waals surface area (Å²) < 4.78 is 4.76. The van der Waals surface area contributed by atoms with E-state index in [0.717, 1.165) is 12.8 Å². The number of carbonyl (C=O) groups excluding carboxylic acids is 2. The molecule has 0 aromatic heterocycles. The van der Waals surface area contributed by atoms with Gasteiger partial charge in [0, 0.05) is 5.92 Å². The van der Waals surface area contributed by atoms with E-state index in [0.29, 0.717) is 0 Å². The van der Waals surface area contributed by atoms with Gasteiger partial charge in [-0.1, -0.05) is 12.2 Å². The molecule has 4 heteroatoms. The van der Waals surface area contributed by atoms with Crippen LogP contribution in [0.4, 0.5) is 0 Å². The van der Waals surface area contributed by atoms with Crippen molar-refractivity contribution in [3.05, 3.63) is 12.2 Å². The van der Waals surface area contributed by atoms with E-state index in [2.05, 4.69) is 11.1 Å². The number of ether oxygens (including phenoxy) is 1. The van der Waals surface area contributed by atoms with Gasteiger partial charge in [0.1, 0.15) is 0 Å². The van der Waals surface area contributed by atoms with E-state index in [1.165, 1.54) is 7.11 Å². The molecule has 3 aliphatic carbocycles. The van der Waals surface area contributed by atoms with Crippen LogP contribution in [0.25, 0.3) is 0 Å². The Bertz CT molecular complexity index is 344. The summed E-state index contributed by atoms with van der Waals surface area (Å²) in [6, 6.07) is -0.265. The number of rotatable bonds is 2. The molecule has 3 aliphatic rings. The lowest BCUT2D eigenvalue weighted by Crippen LogP contribution is -2.44. The van der Waals surface area contributed by atoms with Gasteiger partial charge in [0.25, 0.3) is 0 Å². The zero-order valence-corrected chi connectivity index (χ0v) is 8.55. The molecular weight excluding hydrogens is 194 g/mol. The van der Waals surface area contributed by atoms with Crippen LogP contribution in [0.15, 0.2) is 17.1 Å². The lowest BCUT2D eigenvalue weighted by molar-refractivity contribution is -0.149. The summed E-state index contributed by atoms with van der Waals surface area (Å²) in [6.07, 6.45) is 7.64. The quantitative estimate of drug-likeness (QED) is 0.294. The number of fused-ring (bicyclic) bond motifs is 2. The zero-order chi connectivity index (χ0) is 10.8. The fourth-order valence-corrected chi connectivity index (χ4v) is 2.65. The standard InChI is InChI=1S/C11H13NO3/c1-15-11(14)9-7-2-4-8(5-3-7)10(9)12-6-13/h2,4,7-10H,3,5H2,1H3. The van der Waals surface area contributed by atoms with Gasteiger partial charge in [-0.3, -0.25) is 4.79 Å². The molecule has 0 N–H and O–H groups in total. The van der Waals surface area contributed by atoms with Crippen LogP contribution in [-0.2, 0) is 14.3 Å².